The second-order valence-corrected chi connectivity index (χ2v) is 7.02. The molecule has 0 saturated carbocycles. The molecule has 0 saturated heterocycles. The minimum atomic E-state index is -0.462. The van der Waals surface area contributed by atoms with E-state index in [9.17, 15) is 4.79 Å². The van der Waals surface area contributed by atoms with Gasteiger partial charge in [-0.15, -0.1) is 16.4 Å². The molecule has 1 aliphatic carbocycles. The first-order valence-corrected chi connectivity index (χ1v) is 8.95. The quantitative estimate of drug-likeness (QED) is 0.546. The molecule has 3 aromatic heterocycles. The predicted octanol–water partition coefficient (Wildman–Crippen LogP) is 1.27. The number of thiophene rings is 1. The molecule has 0 aliphatic heterocycles. The molecule has 3 aromatic rings. The minimum Gasteiger partial charge on any atom is -0.456 e. The maximum Gasteiger partial charge on any atom is 0.328 e. The first kappa shape index (κ1) is 15.9. The molecular formula is C15H17N7O2S. The van der Waals surface area contributed by atoms with E-state index in [0.29, 0.717) is 11.6 Å². The van der Waals surface area contributed by atoms with Crippen LogP contribution in [0.15, 0.2) is 6.33 Å². The van der Waals surface area contributed by atoms with Crippen LogP contribution < -0.4 is 5.73 Å². The molecule has 2 N–H and O–H groups in total. The zero-order chi connectivity index (χ0) is 17.2. The molecule has 0 fully saturated rings. The summed E-state index contributed by atoms with van der Waals surface area (Å²) in [5.74, 6) is 0.416. The Balaban J connectivity index is 1.52. The van der Waals surface area contributed by atoms with Crippen LogP contribution >= 0.6 is 11.3 Å². The van der Waals surface area contributed by atoms with Gasteiger partial charge in [-0.1, -0.05) is 6.42 Å². The summed E-state index contributed by atoms with van der Waals surface area (Å²) in [5, 5.41) is 11.5. The highest BCUT2D eigenvalue weighted by atomic mass is 32.1. The molecule has 0 radical (unpaired) electrons. The first-order valence-electron chi connectivity index (χ1n) is 8.14. The minimum absolute atomic E-state index is 0.0241. The molecule has 0 aromatic carbocycles. The van der Waals surface area contributed by atoms with Crippen LogP contribution in [0.25, 0.3) is 10.2 Å². The van der Waals surface area contributed by atoms with Gasteiger partial charge in [-0.2, -0.15) is 0 Å². The first-order chi connectivity index (χ1) is 12.2. The fraction of sp³-hybridized carbons (Fsp3) is 0.467. The number of hydrogen-bond donors (Lipinski definition) is 1. The standard InChI is InChI=1S/C15H17N7O2S/c16-14-13-9-4-2-1-3-5-10(9)25-15(13)19-11(18-14)7-24-12(23)6-22-8-17-20-21-22/h8H,1-7H2,(H2,16,18,19). The molecule has 10 heteroatoms. The van der Waals surface area contributed by atoms with Crippen LogP contribution in [0.3, 0.4) is 0 Å². The van der Waals surface area contributed by atoms with Crippen LogP contribution in [-0.2, 0) is 35.5 Å². The molecular weight excluding hydrogens is 342 g/mol. The molecule has 4 rings (SSSR count). The zero-order valence-corrected chi connectivity index (χ0v) is 14.3. The van der Waals surface area contributed by atoms with Gasteiger partial charge in [0, 0.05) is 4.88 Å². The van der Waals surface area contributed by atoms with Crippen LogP contribution in [0.4, 0.5) is 5.82 Å². The van der Waals surface area contributed by atoms with Crippen molar-refractivity contribution in [1.82, 2.24) is 30.2 Å². The summed E-state index contributed by atoms with van der Waals surface area (Å²) >= 11 is 1.68. The number of nitrogens with zero attached hydrogens (tertiary/aromatic N) is 6. The molecule has 25 heavy (non-hydrogen) atoms. The lowest BCUT2D eigenvalue weighted by Crippen LogP contribution is -2.15. The summed E-state index contributed by atoms with van der Waals surface area (Å²) in [5.41, 5.74) is 7.48. The van der Waals surface area contributed by atoms with E-state index >= 15 is 0 Å². The largest absolute Gasteiger partial charge is 0.456 e. The number of fused-ring (bicyclic) bond motifs is 3. The van der Waals surface area contributed by atoms with Crippen LogP contribution in [0, 0.1) is 0 Å². The maximum atomic E-state index is 11.8. The molecule has 9 nitrogen and oxygen atoms in total. The lowest BCUT2D eigenvalue weighted by Gasteiger charge is -2.06. The Morgan fingerprint density at radius 3 is 3.00 bits per heavy atom. The third-order valence-electron chi connectivity index (χ3n) is 4.18. The summed E-state index contributed by atoms with van der Waals surface area (Å²) in [4.78, 5) is 22.9. The van der Waals surface area contributed by atoms with Gasteiger partial charge in [0.15, 0.2) is 12.4 Å². The third kappa shape index (κ3) is 3.29. The highest BCUT2D eigenvalue weighted by Gasteiger charge is 2.19. The van der Waals surface area contributed by atoms with Crippen molar-refractivity contribution in [3.8, 4) is 0 Å². The van der Waals surface area contributed by atoms with Gasteiger partial charge in [-0.3, -0.25) is 4.79 Å². The number of esters is 1. The lowest BCUT2D eigenvalue weighted by atomic mass is 10.1. The van der Waals surface area contributed by atoms with Crippen LogP contribution in [0.1, 0.15) is 35.5 Å². The summed E-state index contributed by atoms with van der Waals surface area (Å²) in [6, 6.07) is 0. The highest BCUT2D eigenvalue weighted by molar-refractivity contribution is 7.19. The van der Waals surface area contributed by atoms with Crippen molar-refractivity contribution in [1.29, 1.82) is 0 Å². The van der Waals surface area contributed by atoms with Gasteiger partial charge in [-0.25, -0.2) is 14.6 Å². The number of nitrogens with two attached hydrogens (primary N) is 1. The van der Waals surface area contributed by atoms with E-state index in [-0.39, 0.29) is 13.2 Å². The number of rotatable bonds is 4. The van der Waals surface area contributed by atoms with Gasteiger partial charge in [0.1, 0.15) is 23.5 Å². The zero-order valence-electron chi connectivity index (χ0n) is 13.5. The number of carbonyl (C=O) groups excluding carboxylic acids is 1. The molecule has 1 aliphatic rings. The number of hydrogen-bond acceptors (Lipinski definition) is 9. The summed E-state index contributed by atoms with van der Waals surface area (Å²) in [7, 11) is 0. The summed E-state index contributed by atoms with van der Waals surface area (Å²) in [6.45, 7) is -0.0817. The second-order valence-electron chi connectivity index (χ2n) is 5.94. The number of carbonyl (C=O) groups is 1. The topological polar surface area (TPSA) is 122 Å². The van der Waals surface area contributed by atoms with Crippen molar-refractivity contribution in [2.75, 3.05) is 5.73 Å². The van der Waals surface area contributed by atoms with Gasteiger partial charge in [-0.05, 0) is 41.7 Å². The Morgan fingerprint density at radius 1 is 1.28 bits per heavy atom. The summed E-state index contributed by atoms with van der Waals surface area (Å²) in [6.07, 6.45) is 7.08. The van der Waals surface area contributed by atoms with Crippen LogP contribution in [-0.4, -0.2) is 36.1 Å². The van der Waals surface area contributed by atoms with Gasteiger partial charge in [0.05, 0.1) is 5.39 Å². The summed E-state index contributed by atoms with van der Waals surface area (Å²) < 4.78 is 6.48. The maximum absolute atomic E-state index is 11.8. The fourth-order valence-corrected chi connectivity index (χ4v) is 4.34. The Hall–Kier alpha value is -2.62. The number of aromatic nitrogens is 6. The number of aryl methyl sites for hydroxylation is 2. The highest BCUT2D eigenvalue weighted by Crippen LogP contribution is 2.37. The Morgan fingerprint density at radius 2 is 2.16 bits per heavy atom. The lowest BCUT2D eigenvalue weighted by molar-refractivity contribution is -0.146. The number of nitrogen functional groups attached to an aromatic ring is 1. The number of tetrazole rings is 1. The van der Waals surface area contributed by atoms with Gasteiger partial charge < -0.3 is 10.5 Å². The van der Waals surface area contributed by atoms with E-state index in [4.69, 9.17) is 10.5 Å². The van der Waals surface area contributed by atoms with Crippen molar-refractivity contribution in [3.63, 3.8) is 0 Å². The second kappa shape index (κ2) is 6.71. The van der Waals surface area contributed by atoms with Crippen molar-refractivity contribution < 1.29 is 9.53 Å². The van der Waals surface area contributed by atoms with E-state index in [0.717, 1.165) is 23.1 Å². The van der Waals surface area contributed by atoms with Crippen LogP contribution in [0.5, 0.6) is 0 Å². The number of ether oxygens (including phenoxy) is 1. The van der Waals surface area contributed by atoms with Gasteiger partial charge in [0.25, 0.3) is 0 Å². The van der Waals surface area contributed by atoms with E-state index in [1.165, 1.54) is 40.7 Å². The molecule has 0 atom stereocenters. The molecule has 0 unspecified atom stereocenters. The smallest absolute Gasteiger partial charge is 0.328 e. The molecule has 0 spiro atoms. The van der Waals surface area contributed by atoms with Gasteiger partial charge >= 0.3 is 5.97 Å². The molecule has 130 valence electrons. The van der Waals surface area contributed by atoms with E-state index in [1.54, 1.807) is 11.3 Å². The number of anilines is 1. The van der Waals surface area contributed by atoms with E-state index in [1.807, 2.05) is 0 Å². The third-order valence-corrected chi connectivity index (χ3v) is 5.37. The average molecular weight is 359 g/mol. The van der Waals surface area contributed by atoms with Crippen molar-refractivity contribution in [2.24, 2.45) is 0 Å². The van der Waals surface area contributed by atoms with Gasteiger partial charge in [0.2, 0.25) is 0 Å². The van der Waals surface area contributed by atoms with Crippen molar-refractivity contribution in [2.45, 2.75) is 45.3 Å². The molecule has 0 bridgehead atoms. The van der Waals surface area contributed by atoms with E-state index < -0.39 is 5.97 Å². The fourth-order valence-electron chi connectivity index (χ4n) is 3.05. The monoisotopic (exact) mass is 359 g/mol. The predicted molar refractivity (Wildman–Crippen MR) is 90.7 cm³/mol. The van der Waals surface area contributed by atoms with E-state index in [2.05, 4.69) is 25.5 Å². The Bertz CT molecular complexity index is 906. The average Bonchev–Trinajstić information content (AvgIpc) is 3.15. The van der Waals surface area contributed by atoms with Crippen molar-refractivity contribution >= 4 is 33.3 Å². The normalized spacial score (nSPS) is 14.2. The SMILES string of the molecule is Nc1nc(COC(=O)Cn2cnnn2)nc2sc3c(c12)CCCCC3. The molecule has 0 amide bonds. The Labute approximate surface area is 147 Å². The molecule has 3 heterocycles. The van der Waals surface area contributed by atoms with Crippen molar-refractivity contribution in [3.05, 3.63) is 22.6 Å². The van der Waals surface area contributed by atoms with Crippen LogP contribution in [0.2, 0.25) is 0 Å². The Kier molecular flexibility index (Phi) is 4.26.